The molecule has 0 amide bonds. The highest BCUT2D eigenvalue weighted by molar-refractivity contribution is 7.89. The van der Waals surface area contributed by atoms with Gasteiger partial charge >= 0.3 is 0 Å². The lowest BCUT2D eigenvalue weighted by molar-refractivity contribution is 0.328. The van der Waals surface area contributed by atoms with E-state index in [0.29, 0.717) is 29.7 Å². The van der Waals surface area contributed by atoms with Crippen molar-refractivity contribution in [3.63, 3.8) is 0 Å². The van der Waals surface area contributed by atoms with Crippen LogP contribution in [0.4, 0.5) is 0 Å². The number of nitrogens with zero attached hydrogens (tertiary/aromatic N) is 3. The summed E-state index contributed by atoms with van der Waals surface area (Å²) in [4.78, 5) is 5.74. The normalized spacial score (nSPS) is 14.2. The Kier molecular flexibility index (Phi) is 6.84. The maximum Gasteiger partial charge on any atom is 0.243 e. The Morgan fingerprint density at radius 1 is 1.10 bits per heavy atom. The van der Waals surface area contributed by atoms with Gasteiger partial charge in [-0.15, -0.1) is 11.3 Å². The second kappa shape index (κ2) is 9.17. The third-order valence-electron chi connectivity index (χ3n) is 4.78. The Labute approximate surface area is 175 Å². The molecule has 7 nitrogen and oxygen atoms in total. The summed E-state index contributed by atoms with van der Waals surface area (Å²) < 4.78 is 32.1. The van der Waals surface area contributed by atoms with Gasteiger partial charge in [0, 0.05) is 19.1 Å². The van der Waals surface area contributed by atoms with Gasteiger partial charge in [-0.2, -0.15) is 9.29 Å². The van der Waals surface area contributed by atoms with Crippen molar-refractivity contribution in [3.05, 3.63) is 53.2 Å². The van der Waals surface area contributed by atoms with Crippen LogP contribution in [0.25, 0.3) is 10.7 Å². The standard InChI is InChI=1S/C20H26N4O3S2/c1-5-24(6-2)29(25,26)17-11-9-16(10-12-17)14(3)21-15(4)20-22-19(23-27-20)18-8-7-13-28-18/h7-15,21H,5-6H2,1-4H3. The van der Waals surface area contributed by atoms with Gasteiger partial charge in [-0.1, -0.05) is 37.2 Å². The second-order valence-corrected chi connectivity index (χ2v) is 9.59. The van der Waals surface area contributed by atoms with Crippen LogP contribution in [-0.4, -0.2) is 36.0 Å². The first-order chi connectivity index (χ1) is 13.9. The van der Waals surface area contributed by atoms with E-state index in [-0.39, 0.29) is 12.1 Å². The van der Waals surface area contributed by atoms with Crippen molar-refractivity contribution < 1.29 is 12.9 Å². The molecule has 0 saturated heterocycles. The van der Waals surface area contributed by atoms with Gasteiger partial charge in [0.15, 0.2) is 0 Å². The number of thiophene rings is 1. The molecule has 2 heterocycles. The molecule has 0 spiro atoms. The SMILES string of the molecule is CCN(CC)S(=O)(=O)c1ccc(C(C)NC(C)c2nc(-c3cccs3)no2)cc1. The number of aromatic nitrogens is 2. The molecule has 3 rings (SSSR count). The fourth-order valence-electron chi connectivity index (χ4n) is 3.10. The molecule has 1 N–H and O–H groups in total. The summed E-state index contributed by atoms with van der Waals surface area (Å²) in [7, 11) is -3.45. The summed E-state index contributed by atoms with van der Waals surface area (Å²) >= 11 is 1.56. The summed E-state index contributed by atoms with van der Waals surface area (Å²) in [5, 5.41) is 9.44. The van der Waals surface area contributed by atoms with Crippen molar-refractivity contribution >= 4 is 21.4 Å². The molecular formula is C20H26N4O3S2. The molecule has 0 fully saturated rings. The van der Waals surface area contributed by atoms with Gasteiger partial charge < -0.3 is 4.52 Å². The van der Waals surface area contributed by atoms with Gasteiger partial charge in [0.1, 0.15) is 0 Å². The van der Waals surface area contributed by atoms with E-state index in [4.69, 9.17) is 4.52 Å². The van der Waals surface area contributed by atoms with E-state index in [1.807, 2.05) is 57.3 Å². The summed E-state index contributed by atoms with van der Waals surface area (Å²) in [6.07, 6.45) is 0. The predicted molar refractivity (Wildman–Crippen MR) is 114 cm³/mol. The summed E-state index contributed by atoms with van der Waals surface area (Å²) in [6.45, 7) is 8.55. The quantitative estimate of drug-likeness (QED) is 0.542. The highest BCUT2D eigenvalue weighted by atomic mass is 32.2. The summed E-state index contributed by atoms with van der Waals surface area (Å²) in [6, 6.07) is 10.7. The van der Waals surface area contributed by atoms with Crippen LogP contribution >= 0.6 is 11.3 Å². The minimum atomic E-state index is -3.45. The smallest absolute Gasteiger partial charge is 0.243 e. The van der Waals surface area contributed by atoms with Crippen molar-refractivity contribution in [2.45, 2.75) is 44.7 Å². The van der Waals surface area contributed by atoms with E-state index in [0.717, 1.165) is 10.4 Å². The van der Waals surface area contributed by atoms with Crippen molar-refractivity contribution in [3.8, 4) is 10.7 Å². The number of hydrogen-bond donors (Lipinski definition) is 1. The van der Waals surface area contributed by atoms with Crippen molar-refractivity contribution in [2.24, 2.45) is 0 Å². The Hall–Kier alpha value is -2.07. The van der Waals surface area contributed by atoms with Crippen molar-refractivity contribution in [2.75, 3.05) is 13.1 Å². The molecule has 0 radical (unpaired) electrons. The Bertz CT molecular complexity index is 1010. The number of benzene rings is 1. The number of nitrogens with one attached hydrogen (secondary N) is 1. The second-order valence-electron chi connectivity index (χ2n) is 6.70. The van der Waals surface area contributed by atoms with Gasteiger partial charge in [0.25, 0.3) is 0 Å². The van der Waals surface area contributed by atoms with Crippen LogP contribution in [0, 0.1) is 0 Å². The molecule has 9 heteroatoms. The van der Waals surface area contributed by atoms with Gasteiger partial charge in [0.2, 0.25) is 21.7 Å². The number of sulfonamides is 1. The zero-order chi connectivity index (χ0) is 21.0. The predicted octanol–water partition coefficient (Wildman–Crippen LogP) is 4.24. The summed E-state index contributed by atoms with van der Waals surface area (Å²) in [5.41, 5.74) is 0.980. The topological polar surface area (TPSA) is 88.3 Å². The van der Waals surface area contributed by atoms with Crippen LogP contribution in [0.1, 0.15) is 51.2 Å². The molecular weight excluding hydrogens is 408 g/mol. The van der Waals surface area contributed by atoms with Gasteiger partial charge in [-0.05, 0) is 43.0 Å². The molecule has 1 aromatic carbocycles. The Balaban J connectivity index is 1.68. The van der Waals surface area contributed by atoms with Crippen molar-refractivity contribution in [1.82, 2.24) is 19.8 Å². The lowest BCUT2D eigenvalue weighted by Gasteiger charge is -2.20. The molecule has 0 aliphatic rings. The first-order valence-corrected chi connectivity index (χ1v) is 11.9. The lowest BCUT2D eigenvalue weighted by atomic mass is 10.1. The maximum atomic E-state index is 12.6. The van der Waals surface area contributed by atoms with Gasteiger partial charge in [-0.25, -0.2) is 8.42 Å². The van der Waals surface area contributed by atoms with Gasteiger partial charge in [0.05, 0.1) is 15.8 Å². The molecule has 0 bridgehead atoms. The monoisotopic (exact) mass is 434 g/mol. The molecule has 2 atom stereocenters. The molecule has 156 valence electrons. The minimum absolute atomic E-state index is 0.0210. The zero-order valence-electron chi connectivity index (χ0n) is 17.0. The average molecular weight is 435 g/mol. The largest absolute Gasteiger partial charge is 0.337 e. The molecule has 29 heavy (non-hydrogen) atoms. The van der Waals surface area contributed by atoms with Crippen LogP contribution in [0.15, 0.2) is 51.2 Å². The maximum absolute atomic E-state index is 12.6. The molecule has 3 aromatic rings. The first kappa shape index (κ1) is 21.6. The molecule has 0 saturated carbocycles. The highest BCUT2D eigenvalue weighted by Gasteiger charge is 2.22. The van der Waals surface area contributed by atoms with Crippen molar-refractivity contribution in [1.29, 1.82) is 0 Å². The fourth-order valence-corrected chi connectivity index (χ4v) is 5.21. The number of hydrogen-bond acceptors (Lipinski definition) is 7. The van der Waals surface area contributed by atoms with Gasteiger partial charge in [-0.3, -0.25) is 5.32 Å². The van der Waals surface area contributed by atoms with E-state index in [9.17, 15) is 8.42 Å². The van der Waals surface area contributed by atoms with Crippen LogP contribution in [-0.2, 0) is 10.0 Å². The van der Waals surface area contributed by atoms with E-state index >= 15 is 0 Å². The molecule has 0 aliphatic heterocycles. The number of rotatable bonds is 9. The van der Waals surface area contributed by atoms with E-state index in [1.54, 1.807) is 23.5 Å². The fraction of sp³-hybridized carbons (Fsp3) is 0.400. The highest BCUT2D eigenvalue weighted by Crippen LogP contribution is 2.25. The molecule has 0 aliphatic carbocycles. The molecule has 2 unspecified atom stereocenters. The van der Waals surface area contributed by atoms with E-state index in [1.165, 1.54) is 4.31 Å². The summed E-state index contributed by atoms with van der Waals surface area (Å²) in [5.74, 6) is 1.10. The molecule has 2 aromatic heterocycles. The Morgan fingerprint density at radius 2 is 1.79 bits per heavy atom. The van der Waals surface area contributed by atoms with Crippen LogP contribution in [0.5, 0.6) is 0 Å². The van der Waals surface area contributed by atoms with E-state index in [2.05, 4.69) is 15.5 Å². The van der Waals surface area contributed by atoms with E-state index < -0.39 is 10.0 Å². The van der Waals surface area contributed by atoms with Crippen LogP contribution < -0.4 is 5.32 Å². The average Bonchev–Trinajstić information content (AvgIpc) is 3.40. The lowest BCUT2D eigenvalue weighted by Crippen LogP contribution is -2.30. The first-order valence-electron chi connectivity index (χ1n) is 9.60. The third-order valence-corrected chi connectivity index (χ3v) is 7.71. The van der Waals surface area contributed by atoms with Crippen LogP contribution in [0.3, 0.4) is 0 Å². The Morgan fingerprint density at radius 3 is 2.38 bits per heavy atom. The third kappa shape index (κ3) is 4.75. The minimum Gasteiger partial charge on any atom is -0.337 e. The van der Waals surface area contributed by atoms with Crippen LogP contribution in [0.2, 0.25) is 0 Å². The zero-order valence-corrected chi connectivity index (χ0v) is 18.6.